The summed E-state index contributed by atoms with van der Waals surface area (Å²) in [6, 6.07) is 6.48. The van der Waals surface area contributed by atoms with Gasteiger partial charge in [0.2, 0.25) is 0 Å². The smallest absolute Gasteiger partial charge is 0.325 e. The Balaban J connectivity index is 2.09. The highest BCUT2D eigenvalue weighted by atomic mass is 16.7. The SMILES string of the molecule is C=Cc1ccc(C(=O)ON2C(=O)CCC2=O)cc1. The molecule has 0 saturated carbocycles. The molecule has 0 unspecified atom stereocenters. The van der Waals surface area contributed by atoms with Crippen LogP contribution in [0, 0.1) is 0 Å². The van der Waals surface area contributed by atoms with E-state index in [1.165, 1.54) is 0 Å². The van der Waals surface area contributed by atoms with Gasteiger partial charge in [0, 0.05) is 12.8 Å². The molecule has 1 aliphatic heterocycles. The monoisotopic (exact) mass is 245 g/mol. The number of hydrogen-bond acceptors (Lipinski definition) is 4. The molecular weight excluding hydrogens is 234 g/mol. The summed E-state index contributed by atoms with van der Waals surface area (Å²) in [6.07, 6.45) is 1.81. The zero-order chi connectivity index (χ0) is 13.1. The van der Waals surface area contributed by atoms with Crippen LogP contribution < -0.4 is 0 Å². The number of hydrogen-bond donors (Lipinski definition) is 0. The largest absolute Gasteiger partial charge is 0.363 e. The van der Waals surface area contributed by atoms with Gasteiger partial charge in [-0.3, -0.25) is 9.59 Å². The molecule has 1 fully saturated rings. The van der Waals surface area contributed by atoms with Crippen molar-refractivity contribution in [3.05, 3.63) is 42.0 Å². The van der Waals surface area contributed by atoms with E-state index in [0.717, 1.165) is 5.56 Å². The second-order valence-electron chi connectivity index (χ2n) is 3.79. The quantitative estimate of drug-likeness (QED) is 0.758. The summed E-state index contributed by atoms with van der Waals surface area (Å²) in [5.41, 5.74) is 1.13. The lowest BCUT2D eigenvalue weighted by molar-refractivity contribution is -0.172. The summed E-state index contributed by atoms with van der Waals surface area (Å²) in [6.45, 7) is 3.59. The van der Waals surface area contributed by atoms with E-state index in [4.69, 9.17) is 4.84 Å². The molecule has 1 heterocycles. The lowest BCUT2D eigenvalue weighted by Gasteiger charge is -2.12. The molecule has 0 atom stereocenters. The fraction of sp³-hybridized carbons (Fsp3) is 0.154. The molecule has 92 valence electrons. The number of hydroxylamine groups is 2. The summed E-state index contributed by atoms with van der Waals surface area (Å²) in [4.78, 5) is 39.0. The average molecular weight is 245 g/mol. The molecule has 0 bridgehead atoms. The Hall–Kier alpha value is -2.43. The van der Waals surface area contributed by atoms with Crippen LogP contribution in [0.1, 0.15) is 28.8 Å². The Morgan fingerprint density at radius 1 is 1.17 bits per heavy atom. The number of carbonyl (C=O) groups excluding carboxylic acids is 3. The topological polar surface area (TPSA) is 63.7 Å². The maximum atomic E-state index is 11.7. The fourth-order valence-electron chi connectivity index (χ4n) is 1.55. The lowest BCUT2D eigenvalue weighted by Crippen LogP contribution is -2.32. The van der Waals surface area contributed by atoms with Crippen molar-refractivity contribution in [2.24, 2.45) is 0 Å². The second kappa shape index (κ2) is 4.83. The first-order chi connectivity index (χ1) is 8.61. The van der Waals surface area contributed by atoms with Gasteiger partial charge in [-0.2, -0.15) is 0 Å². The Morgan fingerprint density at radius 3 is 2.22 bits per heavy atom. The molecule has 0 aliphatic carbocycles. The minimum Gasteiger partial charge on any atom is -0.325 e. The molecule has 2 rings (SSSR count). The molecule has 5 heteroatoms. The predicted molar refractivity (Wildman–Crippen MR) is 63.0 cm³/mol. The summed E-state index contributed by atoms with van der Waals surface area (Å²) in [7, 11) is 0. The highest BCUT2D eigenvalue weighted by Crippen LogP contribution is 2.14. The van der Waals surface area contributed by atoms with Gasteiger partial charge < -0.3 is 4.84 Å². The third-order valence-electron chi connectivity index (χ3n) is 2.56. The normalized spacial score (nSPS) is 14.8. The molecule has 0 aromatic heterocycles. The molecule has 1 aromatic rings. The van der Waals surface area contributed by atoms with Crippen molar-refractivity contribution in [1.82, 2.24) is 5.06 Å². The van der Waals surface area contributed by atoms with Gasteiger partial charge in [-0.1, -0.05) is 24.8 Å². The van der Waals surface area contributed by atoms with E-state index >= 15 is 0 Å². The number of imide groups is 1. The Morgan fingerprint density at radius 2 is 1.72 bits per heavy atom. The maximum absolute atomic E-state index is 11.7. The standard InChI is InChI=1S/C13H11NO4/c1-2-9-3-5-10(6-4-9)13(17)18-14-11(15)7-8-12(14)16/h2-6H,1,7-8H2. The minimum atomic E-state index is -0.728. The molecule has 1 aliphatic rings. The van der Waals surface area contributed by atoms with E-state index in [1.54, 1.807) is 30.3 Å². The zero-order valence-corrected chi connectivity index (χ0v) is 9.59. The van der Waals surface area contributed by atoms with E-state index in [-0.39, 0.29) is 18.4 Å². The van der Waals surface area contributed by atoms with Crippen molar-refractivity contribution in [3.8, 4) is 0 Å². The van der Waals surface area contributed by atoms with Gasteiger partial charge in [-0.25, -0.2) is 4.79 Å². The molecular formula is C13H11NO4. The minimum absolute atomic E-state index is 0.0848. The first kappa shape index (κ1) is 12.0. The van der Waals surface area contributed by atoms with Gasteiger partial charge in [0.05, 0.1) is 5.56 Å². The van der Waals surface area contributed by atoms with E-state index in [2.05, 4.69) is 6.58 Å². The van der Waals surface area contributed by atoms with Crippen molar-refractivity contribution in [2.75, 3.05) is 0 Å². The predicted octanol–water partition coefficient (Wildman–Crippen LogP) is 1.55. The summed E-state index contributed by atoms with van der Waals surface area (Å²) < 4.78 is 0. The number of nitrogens with zero attached hydrogens (tertiary/aromatic N) is 1. The van der Waals surface area contributed by atoms with Crippen LogP contribution in [-0.2, 0) is 14.4 Å². The maximum Gasteiger partial charge on any atom is 0.363 e. The fourth-order valence-corrected chi connectivity index (χ4v) is 1.55. The lowest BCUT2D eigenvalue weighted by atomic mass is 10.1. The van der Waals surface area contributed by atoms with E-state index in [0.29, 0.717) is 5.06 Å². The molecule has 1 saturated heterocycles. The van der Waals surface area contributed by atoms with E-state index in [1.807, 2.05) is 0 Å². The van der Waals surface area contributed by atoms with Crippen molar-refractivity contribution in [1.29, 1.82) is 0 Å². The molecule has 0 radical (unpaired) electrons. The van der Waals surface area contributed by atoms with Crippen LogP contribution in [0.4, 0.5) is 0 Å². The third kappa shape index (κ3) is 2.29. The van der Waals surface area contributed by atoms with Crippen LogP contribution in [0.25, 0.3) is 6.08 Å². The Labute approximate surface area is 104 Å². The van der Waals surface area contributed by atoms with Gasteiger partial charge in [-0.15, -0.1) is 5.06 Å². The summed E-state index contributed by atoms with van der Waals surface area (Å²) in [5.74, 6) is -1.71. The van der Waals surface area contributed by atoms with Crippen LogP contribution in [0.2, 0.25) is 0 Å². The van der Waals surface area contributed by atoms with Gasteiger partial charge >= 0.3 is 5.97 Å². The Kier molecular flexibility index (Phi) is 3.23. The number of benzene rings is 1. The number of amides is 2. The van der Waals surface area contributed by atoms with Crippen molar-refractivity contribution in [3.63, 3.8) is 0 Å². The van der Waals surface area contributed by atoms with Crippen molar-refractivity contribution >= 4 is 23.9 Å². The molecule has 1 aromatic carbocycles. The number of rotatable bonds is 3. The van der Waals surface area contributed by atoms with Gasteiger partial charge in [0.25, 0.3) is 11.8 Å². The van der Waals surface area contributed by atoms with Gasteiger partial charge in [0.1, 0.15) is 0 Å². The first-order valence-electron chi connectivity index (χ1n) is 5.42. The first-order valence-corrected chi connectivity index (χ1v) is 5.42. The Bertz CT molecular complexity index is 502. The van der Waals surface area contributed by atoms with E-state index in [9.17, 15) is 14.4 Å². The third-order valence-corrected chi connectivity index (χ3v) is 2.56. The molecule has 0 N–H and O–H groups in total. The molecule has 5 nitrogen and oxygen atoms in total. The zero-order valence-electron chi connectivity index (χ0n) is 9.59. The van der Waals surface area contributed by atoms with Crippen LogP contribution in [-0.4, -0.2) is 22.8 Å². The van der Waals surface area contributed by atoms with Gasteiger partial charge in [-0.05, 0) is 17.7 Å². The van der Waals surface area contributed by atoms with Crippen molar-refractivity contribution in [2.45, 2.75) is 12.8 Å². The van der Waals surface area contributed by atoms with Crippen molar-refractivity contribution < 1.29 is 19.2 Å². The molecule has 2 amide bonds. The van der Waals surface area contributed by atoms with Crippen LogP contribution in [0.15, 0.2) is 30.8 Å². The van der Waals surface area contributed by atoms with Crippen LogP contribution >= 0.6 is 0 Å². The van der Waals surface area contributed by atoms with Crippen LogP contribution in [0.3, 0.4) is 0 Å². The summed E-state index contributed by atoms with van der Waals surface area (Å²) >= 11 is 0. The highest BCUT2D eigenvalue weighted by molar-refractivity contribution is 6.02. The van der Waals surface area contributed by atoms with Crippen LogP contribution in [0.5, 0.6) is 0 Å². The molecule has 0 spiro atoms. The molecule has 18 heavy (non-hydrogen) atoms. The second-order valence-corrected chi connectivity index (χ2v) is 3.79. The van der Waals surface area contributed by atoms with Gasteiger partial charge in [0.15, 0.2) is 0 Å². The number of carbonyl (C=O) groups is 3. The average Bonchev–Trinajstić information content (AvgIpc) is 2.70. The summed E-state index contributed by atoms with van der Waals surface area (Å²) in [5, 5.41) is 0.531. The van der Waals surface area contributed by atoms with E-state index < -0.39 is 17.8 Å². The highest BCUT2D eigenvalue weighted by Gasteiger charge is 2.33.